The van der Waals surface area contributed by atoms with E-state index in [9.17, 15) is 4.79 Å². The number of aromatic nitrogens is 4. The van der Waals surface area contributed by atoms with E-state index < -0.39 is 5.60 Å². The van der Waals surface area contributed by atoms with Gasteiger partial charge in [-0.3, -0.25) is 4.57 Å². The van der Waals surface area contributed by atoms with Crippen LogP contribution in [0.1, 0.15) is 53.4 Å². The van der Waals surface area contributed by atoms with Crippen LogP contribution in [0.15, 0.2) is 0 Å². The van der Waals surface area contributed by atoms with Crippen LogP contribution in [0.3, 0.4) is 0 Å². The molecular weight excluding hydrogens is 412 g/mol. The lowest BCUT2D eigenvalue weighted by atomic mass is 9.98. The first kappa shape index (κ1) is 23.9. The zero-order valence-electron chi connectivity index (χ0n) is 20.1. The van der Waals surface area contributed by atoms with Gasteiger partial charge in [0.05, 0.1) is 13.7 Å². The quantitative estimate of drug-likeness (QED) is 0.610. The molecule has 1 atom stereocenters. The van der Waals surface area contributed by atoms with Gasteiger partial charge in [0, 0.05) is 26.7 Å². The molecule has 3 heterocycles. The lowest BCUT2D eigenvalue weighted by molar-refractivity contribution is 0.0157. The molecule has 2 aromatic rings. The predicted octanol–water partition coefficient (Wildman–Crippen LogP) is 3.70. The van der Waals surface area contributed by atoms with Gasteiger partial charge in [0.15, 0.2) is 17.0 Å². The fourth-order valence-electron chi connectivity index (χ4n) is 3.79. The predicted molar refractivity (Wildman–Crippen MR) is 122 cm³/mol. The number of hydrogen-bond acceptors (Lipinski definition) is 8. The smallest absolute Gasteiger partial charge is 0.410 e. The Morgan fingerprint density at radius 3 is 2.69 bits per heavy atom. The van der Waals surface area contributed by atoms with Crippen LogP contribution in [0.25, 0.3) is 11.2 Å². The second-order valence-corrected chi connectivity index (χ2v) is 9.12. The molecule has 1 amide bonds. The van der Waals surface area contributed by atoms with Crippen molar-refractivity contribution in [2.45, 2.75) is 65.5 Å². The average molecular weight is 449 g/mol. The number of anilines is 1. The maximum Gasteiger partial charge on any atom is 0.410 e. The van der Waals surface area contributed by atoms with Gasteiger partial charge in [0.2, 0.25) is 0 Å². The highest BCUT2D eigenvalue weighted by Gasteiger charge is 2.29. The molecular formula is C22H36N6O4. The van der Waals surface area contributed by atoms with Gasteiger partial charge in [-0.1, -0.05) is 13.3 Å². The van der Waals surface area contributed by atoms with Crippen molar-refractivity contribution in [3.8, 4) is 12.0 Å². The van der Waals surface area contributed by atoms with Gasteiger partial charge in [-0.25, -0.2) is 4.79 Å². The Hall–Kier alpha value is -2.78. The molecule has 0 radical (unpaired) electrons. The number of hydrogen-bond donors (Lipinski definition) is 1. The Morgan fingerprint density at radius 2 is 2.03 bits per heavy atom. The fraction of sp³-hybridized carbons (Fsp3) is 0.727. The van der Waals surface area contributed by atoms with Gasteiger partial charge < -0.3 is 24.4 Å². The summed E-state index contributed by atoms with van der Waals surface area (Å²) in [6, 6.07) is 0.782. The third kappa shape index (κ3) is 5.72. The number of carbonyl (C=O) groups is 1. The Labute approximate surface area is 189 Å². The van der Waals surface area contributed by atoms with E-state index in [1.165, 1.54) is 0 Å². The van der Waals surface area contributed by atoms with Crippen LogP contribution in [0.5, 0.6) is 12.0 Å². The first-order valence-electron chi connectivity index (χ1n) is 11.4. The number of piperidine rings is 1. The monoisotopic (exact) mass is 448 g/mol. The molecule has 3 rings (SSSR count). The van der Waals surface area contributed by atoms with Gasteiger partial charge in [0.1, 0.15) is 5.60 Å². The molecule has 1 saturated heterocycles. The number of carbonyl (C=O) groups excluding carboxylic acids is 1. The SMILES string of the molecule is CCCCOc1nc(NC)c2nc(OC)n(CC3CCCN(C(=O)OC(C)(C)C)C3)c2n1. The fourth-order valence-corrected chi connectivity index (χ4v) is 3.79. The highest BCUT2D eigenvalue weighted by molar-refractivity contribution is 5.84. The second kappa shape index (κ2) is 10.2. The normalized spacial score (nSPS) is 16.8. The molecule has 1 fully saturated rings. The number of likely N-dealkylation sites (tertiary alicyclic amines) is 1. The number of rotatable bonds is 8. The van der Waals surface area contributed by atoms with Gasteiger partial charge in [0.25, 0.3) is 6.01 Å². The maximum atomic E-state index is 12.6. The number of imidazole rings is 1. The molecule has 0 bridgehead atoms. The summed E-state index contributed by atoms with van der Waals surface area (Å²) in [7, 11) is 3.39. The van der Waals surface area contributed by atoms with E-state index in [-0.39, 0.29) is 12.0 Å². The number of methoxy groups -OCH3 is 1. The molecule has 0 saturated carbocycles. The van der Waals surface area contributed by atoms with Crippen molar-refractivity contribution in [2.75, 3.05) is 39.2 Å². The van der Waals surface area contributed by atoms with Crippen molar-refractivity contribution in [2.24, 2.45) is 5.92 Å². The number of unbranched alkanes of at least 4 members (excludes halogenated alkanes) is 1. The number of ether oxygens (including phenoxy) is 3. The second-order valence-electron chi connectivity index (χ2n) is 9.12. The topological polar surface area (TPSA) is 104 Å². The first-order valence-corrected chi connectivity index (χ1v) is 11.4. The molecule has 0 aromatic carbocycles. The van der Waals surface area contributed by atoms with E-state index in [0.717, 1.165) is 25.7 Å². The number of nitrogens with zero attached hydrogens (tertiary/aromatic N) is 5. The third-order valence-corrected chi connectivity index (χ3v) is 5.30. The molecule has 178 valence electrons. The molecule has 1 aliphatic rings. The van der Waals surface area contributed by atoms with Crippen LogP contribution in [0.2, 0.25) is 0 Å². The molecule has 2 aromatic heterocycles. The van der Waals surface area contributed by atoms with E-state index in [1.807, 2.05) is 25.3 Å². The van der Waals surface area contributed by atoms with Gasteiger partial charge >= 0.3 is 12.1 Å². The number of nitrogens with one attached hydrogen (secondary N) is 1. The van der Waals surface area contributed by atoms with Crippen LogP contribution in [-0.4, -0.2) is 70.0 Å². The van der Waals surface area contributed by atoms with Crippen molar-refractivity contribution in [1.29, 1.82) is 0 Å². The van der Waals surface area contributed by atoms with Crippen LogP contribution < -0.4 is 14.8 Å². The van der Waals surface area contributed by atoms with Crippen LogP contribution >= 0.6 is 0 Å². The molecule has 1 N–H and O–H groups in total. The lowest BCUT2D eigenvalue weighted by Gasteiger charge is -2.34. The Balaban J connectivity index is 1.85. The summed E-state index contributed by atoms with van der Waals surface area (Å²) in [5.74, 6) is 0.817. The van der Waals surface area contributed by atoms with E-state index in [4.69, 9.17) is 14.2 Å². The summed E-state index contributed by atoms with van der Waals surface area (Å²) < 4.78 is 18.8. The minimum absolute atomic E-state index is 0.222. The summed E-state index contributed by atoms with van der Waals surface area (Å²) in [5, 5.41) is 3.08. The highest BCUT2D eigenvalue weighted by atomic mass is 16.6. The lowest BCUT2D eigenvalue weighted by Crippen LogP contribution is -2.43. The van der Waals surface area contributed by atoms with Crippen LogP contribution in [-0.2, 0) is 11.3 Å². The Kier molecular flexibility index (Phi) is 7.63. The third-order valence-electron chi connectivity index (χ3n) is 5.30. The van der Waals surface area contributed by atoms with Crippen molar-refractivity contribution in [1.82, 2.24) is 24.4 Å². The molecule has 1 unspecified atom stereocenters. The molecule has 32 heavy (non-hydrogen) atoms. The molecule has 0 spiro atoms. The molecule has 0 aliphatic carbocycles. The first-order chi connectivity index (χ1) is 15.3. The summed E-state index contributed by atoms with van der Waals surface area (Å²) in [4.78, 5) is 28.0. The van der Waals surface area contributed by atoms with Gasteiger partial charge in [-0.05, 0) is 46.0 Å². The van der Waals surface area contributed by atoms with Crippen LogP contribution in [0.4, 0.5) is 10.6 Å². The highest BCUT2D eigenvalue weighted by Crippen LogP contribution is 2.29. The van der Waals surface area contributed by atoms with Gasteiger partial charge in [-0.2, -0.15) is 15.0 Å². The zero-order valence-corrected chi connectivity index (χ0v) is 20.1. The van der Waals surface area contributed by atoms with Crippen molar-refractivity contribution < 1.29 is 19.0 Å². The summed E-state index contributed by atoms with van der Waals surface area (Å²) >= 11 is 0. The molecule has 1 aliphatic heterocycles. The number of fused-ring (bicyclic) bond motifs is 1. The standard InChI is InChI=1S/C22H36N6O4/c1-7-8-12-31-19-25-17(23-5)16-18(26-19)28(20(24-16)30-6)14-15-10-9-11-27(13-15)21(29)32-22(2,3)4/h15H,7-14H2,1-6H3,(H,23,25,26). The Bertz CT molecular complexity index is 923. The summed E-state index contributed by atoms with van der Waals surface area (Å²) in [6.07, 6.45) is 3.60. The summed E-state index contributed by atoms with van der Waals surface area (Å²) in [5.41, 5.74) is 0.775. The largest absolute Gasteiger partial charge is 0.468 e. The summed E-state index contributed by atoms with van der Waals surface area (Å²) in [6.45, 7) is 10.3. The molecule has 10 nitrogen and oxygen atoms in total. The number of amides is 1. The van der Waals surface area contributed by atoms with Gasteiger partial charge in [-0.15, -0.1) is 0 Å². The van der Waals surface area contributed by atoms with E-state index in [1.54, 1.807) is 19.1 Å². The minimum Gasteiger partial charge on any atom is -0.468 e. The van der Waals surface area contributed by atoms with Crippen molar-refractivity contribution >= 4 is 23.1 Å². The van der Waals surface area contributed by atoms with E-state index in [0.29, 0.717) is 55.2 Å². The van der Waals surface area contributed by atoms with Crippen molar-refractivity contribution in [3.05, 3.63) is 0 Å². The maximum absolute atomic E-state index is 12.6. The zero-order chi connectivity index (χ0) is 23.3. The Morgan fingerprint density at radius 1 is 1.25 bits per heavy atom. The van der Waals surface area contributed by atoms with E-state index >= 15 is 0 Å². The van der Waals surface area contributed by atoms with E-state index in [2.05, 4.69) is 27.2 Å². The van der Waals surface area contributed by atoms with Crippen molar-refractivity contribution in [3.63, 3.8) is 0 Å². The van der Waals surface area contributed by atoms with Crippen LogP contribution in [0, 0.1) is 5.92 Å². The average Bonchev–Trinajstić information content (AvgIpc) is 3.10. The molecule has 10 heteroatoms. The minimum atomic E-state index is -0.511.